The van der Waals surface area contributed by atoms with Gasteiger partial charge < -0.3 is 10.1 Å². The van der Waals surface area contributed by atoms with Crippen molar-refractivity contribution in [2.75, 3.05) is 11.9 Å². The zero-order chi connectivity index (χ0) is 18.7. The minimum atomic E-state index is -0.835. The van der Waals surface area contributed by atoms with E-state index < -0.39 is 23.7 Å². The Balaban J connectivity index is 1.87. The summed E-state index contributed by atoms with van der Waals surface area (Å²) in [4.78, 5) is 37.5. The fourth-order valence-corrected chi connectivity index (χ4v) is 4.14. The van der Waals surface area contributed by atoms with Crippen LogP contribution in [-0.4, -0.2) is 24.5 Å². The summed E-state index contributed by atoms with van der Waals surface area (Å²) in [7, 11) is 0. The second-order valence-electron chi connectivity index (χ2n) is 5.70. The second-order valence-corrected chi connectivity index (χ2v) is 6.81. The standard InChI is InChI=1S/C18H17FN2O4S/c1-2-25-18(24)21-16(23)14-12-7-4-8-13(12)26-17(14)20-15(22)10-5-3-6-11(19)9-10/h3,5-6,9H,2,4,7-8H2,1H3,(H,20,22)(H,21,23,24). The number of rotatable bonds is 4. The molecule has 0 aliphatic heterocycles. The molecular formula is C18H17FN2O4S. The number of nitrogens with one attached hydrogen (secondary N) is 2. The van der Waals surface area contributed by atoms with Crippen LogP contribution in [0, 0.1) is 5.82 Å². The van der Waals surface area contributed by atoms with E-state index in [1.165, 1.54) is 29.5 Å². The van der Waals surface area contributed by atoms with Gasteiger partial charge in [-0.3, -0.25) is 14.9 Å². The van der Waals surface area contributed by atoms with Crippen LogP contribution in [0.4, 0.5) is 14.2 Å². The molecule has 1 aromatic carbocycles. The summed E-state index contributed by atoms with van der Waals surface area (Å²) in [6.07, 6.45) is 1.60. The zero-order valence-corrected chi connectivity index (χ0v) is 14.9. The molecule has 0 saturated carbocycles. The summed E-state index contributed by atoms with van der Waals surface area (Å²) in [6, 6.07) is 5.29. The molecule has 1 aromatic heterocycles. The molecule has 6 nitrogen and oxygen atoms in total. The van der Waals surface area contributed by atoms with Crippen LogP contribution in [0.3, 0.4) is 0 Å². The lowest BCUT2D eigenvalue weighted by atomic mass is 10.1. The van der Waals surface area contributed by atoms with Crippen molar-refractivity contribution in [3.05, 3.63) is 51.7 Å². The van der Waals surface area contributed by atoms with Crippen molar-refractivity contribution in [3.8, 4) is 0 Å². The molecule has 1 heterocycles. The Kier molecular flexibility index (Phi) is 5.32. The molecule has 26 heavy (non-hydrogen) atoms. The largest absolute Gasteiger partial charge is 0.450 e. The normalized spacial score (nSPS) is 12.4. The number of benzene rings is 1. The van der Waals surface area contributed by atoms with E-state index in [0.29, 0.717) is 11.4 Å². The van der Waals surface area contributed by atoms with E-state index in [2.05, 4.69) is 10.6 Å². The molecule has 0 saturated heterocycles. The van der Waals surface area contributed by atoms with Crippen LogP contribution in [0.1, 0.15) is 44.5 Å². The van der Waals surface area contributed by atoms with E-state index in [-0.39, 0.29) is 17.7 Å². The third-order valence-corrected chi connectivity index (χ3v) is 5.16. The van der Waals surface area contributed by atoms with Crippen LogP contribution in [0.5, 0.6) is 0 Å². The van der Waals surface area contributed by atoms with Gasteiger partial charge in [0.05, 0.1) is 12.2 Å². The van der Waals surface area contributed by atoms with Gasteiger partial charge in [-0.1, -0.05) is 6.07 Å². The summed E-state index contributed by atoms with van der Waals surface area (Å²) in [5, 5.41) is 5.19. The lowest BCUT2D eigenvalue weighted by Gasteiger charge is -2.09. The number of fused-ring (bicyclic) bond motifs is 1. The van der Waals surface area contributed by atoms with Gasteiger partial charge in [-0.15, -0.1) is 11.3 Å². The van der Waals surface area contributed by atoms with Crippen molar-refractivity contribution >= 4 is 34.2 Å². The van der Waals surface area contributed by atoms with Crippen LogP contribution in [0.25, 0.3) is 0 Å². The highest BCUT2D eigenvalue weighted by molar-refractivity contribution is 7.17. The Morgan fingerprint density at radius 2 is 2.04 bits per heavy atom. The summed E-state index contributed by atoms with van der Waals surface area (Å²) in [5.41, 5.74) is 1.27. The Morgan fingerprint density at radius 1 is 1.23 bits per heavy atom. The summed E-state index contributed by atoms with van der Waals surface area (Å²) >= 11 is 1.31. The summed E-state index contributed by atoms with van der Waals surface area (Å²) in [6.45, 7) is 1.78. The smallest absolute Gasteiger partial charge is 0.414 e. The van der Waals surface area contributed by atoms with Gasteiger partial charge in [-0.05, 0) is 49.9 Å². The number of aryl methyl sites for hydroxylation is 1. The number of thiophene rings is 1. The Bertz CT molecular complexity index is 878. The van der Waals surface area contributed by atoms with E-state index in [4.69, 9.17) is 4.74 Å². The van der Waals surface area contributed by atoms with Crippen molar-refractivity contribution in [2.24, 2.45) is 0 Å². The van der Waals surface area contributed by atoms with Gasteiger partial charge >= 0.3 is 6.09 Å². The number of anilines is 1. The number of amides is 3. The number of alkyl carbamates (subject to hydrolysis) is 1. The molecule has 3 rings (SSSR count). The SMILES string of the molecule is CCOC(=O)NC(=O)c1c(NC(=O)c2cccc(F)c2)sc2c1CCC2. The van der Waals surface area contributed by atoms with Crippen molar-refractivity contribution in [1.29, 1.82) is 0 Å². The topological polar surface area (TPSA) is 84.5 Å². The van der Waals surface area contributed by atoms with E-state index in [1.54, 1.807) is 6.92 Å². The number of imide groups is 1. The summed E-state index contributed by atoms with van der Waals surface area (Å²) in [5.74, 6) is -1.65. The first kappa shape index (κ1) is 18.1. The fourth-order valence-electron chi connectivity index (χ4n) is 2.86. The monoisotopic (exact) mass is 376 g/mol. The highest BCUT2D eigenvalue weighted by Crippen LogP contribution is 2.39. The molecule has 1 aliphatic carbocycles. The van der Waals surface area contributed by atoms with Gasteiger partial charge in [0, 0.05) is 10.4 Å². The van der Waals surface area contributed by atoms with Crippen LogP contribution >= 0.6 is 11.3 Å². The van der Waals surface area contributed by atoms with Gasteiger partial charge in [-0.2, -0.15) is 0 Å². The van der Waals surface area contributed by atoms with Crippen LogP contribution in [0.15, 0.2) is 24.3 Å². The minimum absolute atomic E-state index is 0.143. The number of hydrogen-bond donors (Lipinski definition) is 2. The Hall–Kier alpha value is -2.74. The van der Waals surface area contributed by atoms with Crippen molar-refractivity contribution in [2.45, 2.75) is 26.2 Å². The fraction of sp³-hybridized carbons (Fsp3) is 0.278. The second kappa shape index (κ2) is 7.65. The van der Waals surface area contributed by atoms with Crippen molar-refractivity contribution < 1.29 is 23.5 Å². The van der Waals surface area contributed by atoms with Crippen LogP contribution in [0.2, 0.25) is 0 Å². The maximum Gasteiger partial charge on any atom is 0.414 e. The van der Waals surface area contributed by atoms with E-state index in [1.807, 2.05) is 0 Å². The maximum atomic E-state index is 13.3. The molecule has 0 atom stereocenters. The molecule has 2 N–H and O–H groups in total. The van der Waals surface area contributed by atoms with Gasteiger partial charge in [0.25, 0.3) is 11.8 Å². The molecular weight excluding hydrogens is 359 g/mol. The quantitative estimate of drug-likeness (QED) is 0.855. The summed E-state index contributed by atoms with van der Waals surface area (Å²) < 4.78 is 18.1. The first-order valence-electron chi connectivity index (χ1n) is 8.19. The predicted molar refractivity (Wildman–Crippen MR) is 95.2 cm³/mol. The first-order chi connectivity index (χ1) is 12.5. The highest BCUT2D eigenvalue weighted by Gasteiger charge is 2.28. The van der Waals surface area contributed by atoms with Crippen molar-refractivity contribution in [1.82, 2.24) is 5.32 Å². The maximum absolute atomic E-state index is 13.3. The zero-order valence-electron chi connectivity index (χ0n) is 14.1. The van der Waals surface area contributed by atoms with Crippen LogP contribution in [-0.2, 0) is 17.6 Å². The average Bonchev–Trinajstić information content (AvgIpc) is 3.15. The number of hydrogen-bond acceptors (Lipinski definition) is 5. The van der Waals surface area contributed by atoms with Gasteiger partial charge in [0.2, 0.25) is 0 Å². The molecule has 0 unspecified atom stereocenters. The van der Waals surface area contributed by atoms with Gasteiger partial charge in [-0.25, -0.2) is 9.18 Å². The molecule has 3 amide bonds. The number of halogens is 1. The van der Waals surface area contributed by atoms with Crippen LogP contribution < -0.4 is 10.6 Å². The predicted octanol–water partition coefficient (Wildman–Crippen LogP) is 3.51. The van der Waals surface area contributed by atoms with E-state index in [0.717, 1.165) is 29.3 Å². The lowest BCUT2D eigenvalue weighted by molar-refractivity contribution is 0.0925. The molecule has 0 bridgehead atoms. The average molecular weight is 376 g/mol. The number of carbonyl (C=O) groups is 3. The molecule has 8 heteroatoms. The number of carbonyl (C=O) groups excluding carboxylic acids is 3. The first-order valence-corrected chi connectivity index (χ1v) is 9.00. The lowest BCUT2D eigenvalue weighted by Crippen LogP contribution is -2.32. The van der Waals surface area contributed by atoms with Crippen molar-refractivity contribution in [3.63, 3.8) is 0 Å². The molecule has 0 radical (unpaired) electrons. The third-order valence-electron chi connectivity index (χ3n) is 3.95. The Morgan fingerprint density at radius 3 is 2.77 bits per heavy atom. The minimum Gasteiger partial charge on any atom is -0.450 e. The van der Waals surface area contributed by atoms with Gasteiger partial charge in [0.15, 0.2) is 0 Å². The number of ether oxygens (including phenoxy) is 1. The van der Waals surface area contributed by atoms with E-state index in [9.17, 15) is 18.8 Å². The van der Waals surface area contributed by atoms with Gasteiger partial charge in [0.1, 0.15) is 10.8 Å². The molecule has 1 aliphatic rings. The molecule has 2 aromatic rings. The Labute approximate surface area is 153 Å². The molecule has 0 spiro atoms. The molecule has 0 fully saturated rings. The highest BCUT2D eigenvalue weighted by atomic mass is 32.1. The third kappa shape index (κ3) is 3.75. The molecule has 136 valence electrons. The van der Waals surface area contributed by atoms with E-state index >= 15 is 0 Å².